The molecular weight excluding hydrogens is 289 g/mol. The van der Waals surface area contributed by atoms with E-state index < -0.39 is 0 Å². The van der Waals surface area contributed by atoms with Gasteiger partial charge in [-0.2, -0.15) is 0 Å². The van der Waals surface area contributed by atoms with Gasteiger partial charge in [0, 0.05) is 36.5 Å². The molecule has 5 heteroatoms. The number of halogens is 2. The van der Waals surface area contributed by atoms with Gasteiger partial charge in [0.15, 0.2) is 0 Å². The molecular formula is C12H13BrFNO2. The Kier molecular flexibility index (Phi) is 3.79. The molecule has 1 N–H and O–H groups in total. The van der Waals surface area contributed by atoms with Crippen molar-refractivity contribution < 1.29 is 14.3 Å². The van der Waals surface area contributed by atoms with Gasteiger partial charge in [-0.15, -0.1) is 0 Å². The van der Waals surface area contributed by atoms with Crippen molar-refractivity contribution in [1.82, 2.24) is 4.90 Å². The van der Waals surface area contributed by atoms with Gasteiger partial charge in [-0.05, 0) is 23.8 Å². The van der Waals surface area contributed by atoms with Gasteiger partial charge >= 0.3 is 0 Å². The third-order valence-electron chi connectivity index (χ3n) is 2.92. The molecule has 0 saturated carbocycles. The van der Waals surface area contributed by atoms with Gasteiger partial charge < -0.3 is 10.0 Å². The third-order valence-corrected chi connectivity index (χ3v) is 3.70. The van der Waals surface area contributed by atoms with E-state index in [1.54, 1.807) is 11.0 Å². The van der Waals surface area contributed by atoms with Gasteiger partial charge in [-0.25, -0.2) is 4.39 Å². The third kappa shape index (κ3) is 2.84. The number of aliphatic hydroxyl groups excluding tert-OH is 1. The van der Waals surface area contributed by atoms with Crippen LogP contribution in [0.4, 0.5) is 4.39 Å². The molecule has 0 radical (unpaired) electrons. The number of hydrogen-bond donors (Lipinski definition) is 1. The summed E-state index contributed by atoms with van der Waals surface area (Å²) in [6, 6.07) is 4.42. The summed E-state index contributed by atoms with van der Waals surface area (Å²) in [6.07, 6.45) is 0.378. The average Bonchev–Trinajstić information content (AvgIpc) is 2.65. The highest BCUT2D eigenvalue weighted by Crippen LogP contribution is 2.24. The minimum absolute atomic E-state index is 0.00911. The summed E-state index contributed by atoms with van der Waals surface area (Å²) in [5.41, 5.74) is 0.747. The maximum absolute atomic E-state index is 13.1. The van der Waals surface area contributed by atoms with Crippen molar-refractivity contribution in [1.29, 1.82) is 0 Å². The summed E-state index contributed by atoms with van der Waals surface area (Å²) < 4.78 is 13.9. The van der Waals surface area contributed by atoms with Crippen molar-refractivity contribution in [3.63, 3.8) is 0 Å². The molecule has 3 nitrogen and oxygen atoms in total. The topological polar surface area (TPSA) is 40.5 Å². The molecule has 1 aliphatic rings. The number of hydrogen-bond acceptors (Lipinski definition) is 2. The molecule has 17 heavy (non-hydrogen) atoms. The summed E-state index contributed by atoms with van der Waals surface area (Å²) in [6.45, 7) is 0.943. The Hall–Kier alpha value is -0.940. The monoisotopic (exact) mass is 301 g/mol. The van der Waals surface area contributed by atoms with E-state index in [0.29, 0.717) is 19.5 Å². The molecule has 1 aromatic rings. The van der Waals surface area contributed by atoms with E-state index in [1.807, 2.05) is 0 Å². The average molecular weight is 302 g/mol. The fourth-order valence-corrected chi connectivity index (χ4v) is 2.37. The second-order valence-electron chi connectivity index (χ2n) is 4.26. The van der Waals surface area contributed by atoms with Crippen molar-refractivity contribution in [2.75, 3.05) is 13.2 Å². The van der Waals surface area contributed by atoms with Crippen molar-refractivity contribution in [3.8, 4) is 0 Å². The number of nitrogens with zero attached hydrogens (tertiary/aromatic N) is 1. The van der Waals surface area contributed by atoms with Crippen molar-refractivity contribution >= 4 is 21.8 Å². The standard InChI is InChI=1S/C12H13BrFNO2/c13-11-2-1-10(14)4-9(11)6-15-5-8(7-16)3-12(15)17/h1-2,4,8,16H,3,5-7H2. The number of amides is 1. The number of carbonyl (C=O) groups is 1. The number of benzene rings is 1. The molecule has 1 amide bonds. The van der Waals surface area contributed by atoms with E-state index in [1.165, 1.54) is 12.1 Å². The van der Waals surface area contributed by atoms with Gasteiger partial charge in [-0.3, -0.25) is 4.79 Å². The molecule has 1 aliphatic heterocycles. The first-order chi connectivity index (χ1) is 8.10. The predicted molar refractivity (Wildman–Crippen MR) is 64.7 cm³/mol. The number of carbonyl (C=O) groups excluding carboxylic acids is 1. The second kappa shape index (κ2) is 5.14. The molecule has 0 spiro atoms. The highest BCUT2D eigenvalue weighted by atomic mass is 79.9. The molecule has 92 valence electrons. The summed E-state index contributed by atoms with van der Waals surface area (Å²) in [7, 11) is 0. The highest BCUT2D eigenvalue weighted by Gasteiger charge is 2.29. The Morgan fingerprint density at radius 1 is 1.53 bits per heavy atom. The van der Waals surface area contributed by atoms with Crippen LogP contribution in [0.2, 0.25) is 0 Å². The maximum Gasteiger partial charge on any atom is 0.223 e. The molecule has 1 atom stereocenters. The Morgan fingerprint density at radius 2 is 2.29 bits per heavy atom. The SMILES string of the molecule is O=C1CC(CO)CN1Cc1cc(F)ccc1Br. The minimum Gasteiger partial charge on any atom is -0.396 e. The molecule has 1 saturated heterocycles. The molecule has 1 fully saturated rings. The highest BCUT2D eigenvalue weighted by molar-refractivity contribution is 9.10. The van der Waals surface area contributed by atoms with Crippen LogP contribution in [-0.2, 0) is 11.3 Å². The largest absolute Gasteiger partial charge is 0.396 e. The van der Waals surface area contributed by atoms with Gasteiger partial charge in [-0.1, -0.05) is 15.9 Å². The van der Waals surface area contributed by atoms with E-state index in [2.05, 4.69) is 15.9 Å². The number of likely N-dealkylation sites (tertiary alicyclic amines) is 1. The van der Waals surface area contributed by atoms with Crippen LogP contribution in [0.1, 0.15) is 12.0 Å². The molecule has 0 aliphatic carbocycles. The smallest absolute Gasteiger partial charge is 0.223 e. The van der Waals surface area contributed by atoms with Crippen LogP contribution in [0.25, 0.3) is 0 Å². The number of rotatable bonds is 3. The summed E-state index contributed by atoms with van der Waals surface area (Å²) in [5, 5.41) is 9.02. The second-order valence-corrected chi connectivity index (χ2v) is 5.12. The van der Waals surface area contributed by atoms with Crippen LogP contribution in [-0.4, -0.2) is 29.1 Å². The number of aliphatic hydroxyl groups is 1. The first-order valence-corrected chi connectivity index (χ1v) is 6.22. The van der Waals surface area contributed by atoms with Gasteiger partial charge in [0.2, 0.25) is 5.91 Å². The normalized spacial score (nSPS) is 20.1. The first kappa shape index (κ1) is 12.5. The Morgan fingerprint density at radius 3 is 2.94 bits per heavy atom. The molecule has 0 bridgehead atoms. The zero-order valence-electron chi connectivity index (χ0n) is 9.20. The lowest BCUT2D eigenvalue weighted by atomic mass is 10.1. The van der Waals surface area contributed by atoms with Crippen LogP contribution in [0.15, 0.2) is 22.7 Å². The molecule has 1 unspecified atom stereocenters. The van der Waals surface area contributed by atoms with Gasteiger partial charge in [0.25, 0.3) is 0 Å². The van der Waals surface area contributed by atoms with E-state index in [9.17, 15) is 9.18 Å². The van der Waals surface area contributed by atoms with Crippen LogP contribution >= 0.6 is 15.9 Å². The van der Waals surface area contributed by atoms with E-state index in [4.69, 9.17) is 5.11 Å². The fraction of sp³-hybridized carbons (Fsp3) is 0.417. The lowest BCUT2D eigenvalue weighted by Crippen LogP contribution is -2.25. The van der Waals surface area contributed by atoms with Crippen molar-refractivity contribution in [2.45, 2.75) is 13.0 Å². The predicted octanol–water partition coefficient (Wildman–Crippen LogP) is 1.93. The van der Waals surface area contributed by atoms with E-state index >= 15 is 0 Å². The van der Waals surface area contributed by atoms with Crippen LogP contribution in [0.3, 0.4) is 0 Å². The lowest BCUT2D eigenvalue weighted by molar-refractivity contribution is -0.128. The molecule has 2 rings (SSSR count). The van der Waals surface area contributed by atoms with Crippen molar-refractivity contribution in [3.05, 3.63) is 34.1 Å². The summed E-state index contributed by atoms with van der Waals surface area (Å²) >= 11 is 3.34. The van der Waals surface area contributed by atoms with Crippen LogP contribution in [0, 0.1) is 11.7 Å². The molecule has 1 heterocycles. The fourth-order valence-electron chi connectivity index (χ4n) is 2.00. The summed E-state index contributed by atoms with van der Waals surface area (Å²) in [4.78, 5) is 13.3. The molecule has 1 aromatic carbocycles. The quantitative estimate of drug-likeness (QED) is 0.927. The zero-order valence-corrected chi connectivity index (χ0v) is 10.8. The minimum atomic E-state index is -0.312. The van der Waals surface area contributed by atoms with Gasteiger partial charge in [0.1, 0.15) is 5.82 Å². The van der Waals surface area contributed by atoms with Crippen LogP contribution in [0.5, 0.6) is 0 Å². The summed E-state index contributed by atoms with van der Waals surface area (Å²) in [5.74, 6) is -0.288. The van der Waals surface area contributed by atoms with E-state index in [-0.39, 0.29) is 24.2 Å². The lowest BCUT2D eigenvalue weighted by Gasteiger charge is -2.17. The van der Waals surface area contributed by atoms with Crippen LogP contribution < -0.4 is 0 Å². The Labute approximate surface area is 107 Å². The molecule has 0 aromatic heterocycles. The first-order valence-electron chi connectivity index (χ1n) is 5.42. The maximum atomic E-state index is 13.1. The Balaban J connectivity index is 2.11. The van der Waals surface area contributed by atoms with E-state index in [0.717, 1.165) is 10.0 Å². The van der Waals surface area contributed by atoms with Gasteiger partial charge in [0.05, 0.1) is 0 Å². The van der Waals surface area contributed by atoms with Crippen molar-refractivity contribution in [2.24, 2.45) is 5.92 Å². The zero-order chi connectivity index (χ0) is 12.4. The Bertz CT molecular complexity index is 439.